The van der Waals surface area contributed by atoms with Crippen LogP contribution in [-0.2, 0) is 23.8 Å². The summed E-state index contributed by atoms with van der Waals surface area (Å²) in [6.45, 7) is 6.02. The summed E-state index contributed by atoms with van der Waals surface area (Å²) in [6.07, 6.45) is 2.91. The van der Waals surface area contributed by atoms with E-state index in [2.05, 4.69) is 0 Å². The van der Waals surface area contributed by atoms with Crippen LogP contribution in [0.15, 0.2) is 0 Å². The Bertz CT molecular complexity index is 368. The van der Waals surface area contributed by atoms with Crippen molar-refractivity contribution in [3.8, 4) is 0 Å². The molecule has 0 amide bonds. The maximum Gasteiger partial charge on any atom is 0.309 e. The third-order valence-electron chi connectivity index (χ3n) is 4.11. The topological polar surface area (TPSA) is 61.8 Å². The highest BCUT2D eigenvalue weighted by molar-refractivity contribution is 5.79. The highest BCUT2D eigenvalue weighted by Gasteiger charge is 2.34. The number of hydrogen-bond donors (Lipinski definition) is 0. The van der Waals surface area contributed by atoms with E-state index in [0.29, 0.717) is 6.61 Å². The lowest BCUT2D eigenvalue weighted by molar-refractivity contribution is -0.162. The first-order valence-corrected chi connectivity index (χ1v) is 7.36. The van der Waals surface area contributed by atoms with Crippen LogP contribution in [0.5, 0.6) is 0 Å². The molecule has 5 nitrogen and oxygen atoms in total. The lowest BCUT2D eigenvalue weighted by Crippen LogP contribution is -2.30. The van der Waals surface area contributed by atoms with Crippen molar-refractivity contribution in [1.82, 2.24) is 0 Å². The average Bonchev–Trinajstić information content (AvgIpc) is 2.75. The van der Waals surface area contributed by atoms with E-state index in [9.17, 15) is 9.59 Å². The monoisotopic (exact) mass is 284 g/mol. The predicted molar refractivity (Wildman–Crippen MR) is 72.0 cm³/mol. The lowest BCUT2D eigenvalue weighted by Gasteiger charge is -2.25. The first-order valence-electron chi connectivity index (χ1n) is 7.36. The number of rotatable bonds is 4. The minimum atomic E-state index is -0.587. The van der Waals surface area contributed by atoms with Crippen molar-refractivity contribution in [2.24, 2.45) is 11.8 Å². The zero-order valence-electron chi connectivity index (χ0n) is 12.5. The number of carbonyl (C=O) groups excluding carboxylic acids is 2. The molecule has 5 heteroatoms. The molecule has 1 heterocycles. The molecule has 0 aromatic carbocycles. The molecule has 1 atom stereocenters. The molecule has 1 aliphatic heterocycles. The summed E-state index contributed by atoms with van der Waals surface area (Å²) in [5, 5.41) is 0. The van der Waals surface area contributed by atoms with E-state index in [1.54, 1.807) is 6.92 Å². The molecule has 0 bridgehead atoms. The van der Waals surface area contributed by atoms with Gasteiger partial charge in [-0.2, -0.15) is 0 Å². The summed E-state index contributed by atoms with van der Waals surface area (Å²) in [6, 6.07) is 0. The normalized spacial score (nSPS) is 32.9. The SMILES string of the molecule is CC(=O)C1CCC(C(=O)OC[C@H]2COC(C)(C)O2)CC1. The van der Waals surface area contributed by atoms with Gasteiger partial charge >= 0.3 is 5.97 Å². The Morgan fingerprint density at radius 3 is 2.25 bits per heavy atom. The van der Waals surface area contributed by atoms with Gasteiger partial charge in [-0.1, -0.05) is 0 Å². The Morgan fingerprint density at radius 2 is 1.75 bits per heavy atom. The summed E-state index contributed by atoms with van der Waals surface area (Å²) in [4.78, 5) is 23.3. The smallest absolute Gasteiger partial charge is 0.309 e. The Hall–Kier alpha value is -0.940. The fourth-order valence-corrected chi connectivity index (χ4v) is 2.87. The third kappa shape index (κ3) is 4.03. The molecule has 2 rings (SSSR count). The highest BCUT2D eigenvalue weighted by atomic mass is 16.7. The number of hydrogen-bond acceptors (Lipinski definition) is 5. The van der Waals surface area contributed by atoms with Gasteiger partial charge in [0, 0.05) is 5.92 Å². The predicted octanol–water partition coefficient (Wildman–Crippen LogP) is 2.08. The Labute approximate surface area is 120 Å². The first-order chi connectivity index (χ1) is 9.37. The van der Waals surface area contributed by atoms with Crippen molar-refractivity contribution in [1.29, 1.82) is 0 Å². The maximum absolute atomic E-state index is 12.0. The molecule has 0 aromatic rings. The van der Waals surface area contributed by atoms with E-state index >= 15 is 0 Å². The minimum Gasteiger partial charge on any atom is -0.463 e. The van der Waals surface area contributed by atoms with Gasteiger partial charge in [-0.05, 0) is 46.5 Å². The number of carbonyl (C=O) groups is 2. The molecular weight excluding hydrogens is 260 g/mol. The summed E-state index contributed by atoms with van der Waals surface area (Å²) in [7, 11) is 0. The van der Waals surface area contributed by atoms with Gasteiger partial charge in [-0.25, -0.2) is 0 Å². The molecule has 0 radical (unpaired) electrons. The van der Waals surface area contributed by atoms with E-state index < -0.39 is 5.79 Å². The van der Waals surface area contributed by atoms with Gasteiger partial charge in [0.25, 0.3) is 0 Å². The minimum absolute atomic E-state index is 0.0686. The Kier molecular flexibility index (Phi) is 4.81. The summed E-state index contributed by atoms with van der Waals surface area (Å²) >= 11 is 0. The zero-order chi connectivity index (χ0) is 14.8. The van der Waals surface area contributed by atoms with Crippen molar-refractivity contribution >= 4 is 11.8 Å². The lowest BCUT2D eigenvalue weighted by atomic mass is 9.80. The molecule has 2 aliphatic rings. The van der Waals surface area contributed by atoms with Gasteiger partial charge < -0.3 is 14.2 Å². The summed E-state index contributed by atoms with van der Waals surface area (Å²) < 4.78 is 16.3. The van der Waals surface area contributed by atoms with Gasteiger partial charge in [-0.3, -0.25) is 9.59 Å². The molecule has 1 aliphatic carbocycles. The van der Waals surface area contributed by atoms with Crippen LogP contribution >= 0.6 is 0 Å². The van der Waals surface area contributed by atoms with Crippen LogP contribution in [0.2, 0.25) is 0 Å². The fourth-order valence-electron chi connectivity index (χ4n) is 2.87. The molecule has 0 N–H and O–H groups in total. The highest BCUT2D eigenvalue weighted by Crippen LogP contribution is 2.30. The molecular formula is C15H24O5. The first kappa shape index (κ1) is 15.4. The van der Waals surface area contributed by atoms with Crippen molar-refractivity contribution < 1.29 is 23.8 Å². The van der Waals surface area contributed by atoms with Crippen LogP contribution in [0.25, 0.3) is 0 Å². The quantitative estimate of drug-likeness (QED) is 0.740. The van der Waals surface area contributed by atoms with Gasteiger partial charge in [0.1, 0.15) is 18.5 Å². The van der Waals surface area contributed by atoms with E-state index in [0.717, 1.165) is 25.7 Å². The van der Waals surface area contributed by atoms with Crippen LogP contribution in [0.1, 0.15) is 46.5 Å². The second-order valence-corrected chi connectivity index (χ2v) is 6.24. The van der Waals surface area contributed by atoms with Crippen LogP contribution in [0, 0.1) is 11.8 Å². The number of Topliss-reactive ketones (excluding diaryl/α,β-unsaturated/α-hetero) is 1. The summed E-state index contributed by atoms with van der Waals surface area (Å²) in [5.74, 6) is -0.459. The molecule has 20 heavy (non-hydrogen) atoms. The molecule has 0 spiro atoms. The molecule has 0 unspecified atom stereocenters. The van der Waals surface area contributed by atoms with E-state index in [-0.39, 0.29) is 36.3 Å². The molecule has 114 valence electrons. The number of esters is 1. The van der Waals surface area contributed by atoms with E-state index in [1.165, 1.54) is 0 Å². The average molecular weight is 284 g/mol. The largest absolute Gasteiger partial charge is 0.463 e. The van der Waals surface area contributed by atoms with Crippen molar-refractivity contribution in [3.05, 3.63) is 0 Å². The molecule has 2 fully saturated rings. The standard InChI is InChI=1S/C15H24O5/c1-10(16)11-4-6-12(7-5-11)14(17)18-8-13-9-19-15(2,3)20-13/h11-13H,4-9H2,1-3H3/t11?,12?,13-/m0/s1. The molecule has 0 aromatic heterocycles. The van der Waals surface area contributed by atoms with Gasteiger partial charge in [0.2, 0.25) is 0 Å². The van der Waals surface area contributed by atoms with E-state index in [4.69, 9.17) is 14.2 Å². The maximum atomic E-state index is 12.0. The second kappa shape index (κ2) is 6.22. The van der Waals surface area contributed by atoms with E-state index in [1.807, 2.05) is 13.8 Å². The van der Waals surface area contributed by atoms with Gasteiger partial charge in [-0.15, -0.1) is 0 Å². The fraction of sp³-hybridized carbons (Fsp3) is 0.867. The number of ketones is 1. The molecule has 1 saturated heterocycles. The van der Waals surface area contributed by atoms with Gasteiger partial charge in [0.05, 0.1) is 12.5 Å². The summed E-state index contributed by atoms with van der Waals surface area (Å²) in [5.41, 5.74) is 0. The van der Waals surface area contributed by atoms with Crippen molar-refractivity contribution in [2.45, 2.75) is 58.3 Å². The Morgan fingerprint density at radius 1 is 1.15 bits per heavy atom. The van der Waals surface area contributed by atoms with Crippen LogP contribution < -0.4 is 0 Å². The van der Waals surface area contributed by atoms with Gasteiger partial charge in [0.15, 0.2) is 5.79 Å². The Balaban J connectivity index is 1.70. The van der Waals surface area contributed by atoms with Crippen LogP contribution in [0.3, 0.4) is 0 Å². The van der Waals surface area contributed by atoms with Crippen molar-refractivity contribution in [3.63, 3.8) is 0 Å². The zero-order valence-corrected chi connectivity index (χ0v) is 12.5. The number of ether oxygens (including phenoxy) is 3. The van der Waals surface area contributed by atoms with Crippen molar-refractivity contribution in [2.75, 3.05) is 13.2 Å². The molecule has 1 saturated carbocycles. The van der Waals surface area contributed by atoms with Crippen LogP contribution in [0.4, 0.5) is 0 Å². The second-order valence-electron chi connectivity index (χ2n) is 6.24. The van der Waals surface area contributed by atoms with Crippen LogP contribution in [-0.4, -0.2) is 36.9 Å². The third-order valence-corrected chi connectivity index (χ3v) is 4.11.